The molecule has 3 nitrogen and oxygen atoms in total. The summed E-state index contributed by atoms with van der Waals surface area (Å²) in [4.78, 5) is 0. The highest BCUT2D eigenvalue weighted by Crippen LogP contribution is 2.15. The van der Waals surface area contributed by atoms with Crippen LogP contribution >= 0.6 is 0 Å². The van der Waals surface area contributed by atoms with Crippen LogP contribution in [-0.2, 0) is 0 Å². The largest absolute Gasteiger partial charge is 0.221 e. The van der Waals surface area contributed by atoms with Gasteiger partial charge >= 0.3 is 0 Å². The van der Waals surface area contributed by atoms with Gasteiger partial charge < -0.3 is 0 Å². The van der Waals surface area contributed by atoms with E-state index in [4.69, 9.17) is 0 Å². The van der Waals surface area contributed by atoms with Crippen molar-refractivity contribution in [3.8, 4) is 5.69 Å². The Morgan fingerprint density at radius 1 is 1.23 bits per heavy atom. The molecule has 2 aromatic rings. The van der Waals surface area contributed by atoms with E-state index in [9.17, 15) is 0 Å². The number of hydrogen-bond donors (Lipinski definition) is 0. The molecule has 1 aromatic heterocycles. The summed E-state index contributed by atoms with van der Waals surface area (Å²) in [5.41, 5.74) is 3.61. The first-order valence-corrected chi connectivity index (χ1v) is 4.22. The van der Waals surface area contributed by atoms with Crippen molar-refractivity contribution >= 4 is 0 Å². The Balaban J connectivity index is 2.59. The average molecular weight is 173 g/mol. The fourth-order valence-corrected chi connectivity index (χ4v) is 1.32. The number of aromatic nitrogens is 3. The van der Waals surface area contributed by atoms with Crippen LogP contribution in [0.15, 0.2) is 30.6 Å². The predicted octanol–water partition coefficient (Wildman–Crippen LogP) is 1.88. The normalized spacial score (nSPS) is 10.3. The van der Waals surface area contributed by atoms with E-state index in [2.05, 4.69) is 30.2 Å². The zero-order valence-corrected chi connectivity index (χ0v) is 7.73. The van der Waals surface area contributed by atoms with Crippen molar-refractivity contribution < 1.29 is 0 Å². The minimum absolute atomic E-state index is 1.09. The molecule has 0 aliphatic rings. The smallest absolute Gasteiger partial charge is 0.0697 e. The topological polar surface area (TPSA) is 30.7 Å². The van der Waals surface area contributed by atoms with Crippen LogP contribution in [0.4, 0.5) is 0 Å². The van der Waals surface area contributed by atoms with Gasteiger partial charge in [0.2, 0.25) is 0 Å². The molecule has 3 heteroatoms. The maximum absolute atomic E-state index is 3.96. The van der Waals surface area contributed by atoms with Crippen LogP contribution in [0.2, 0.25) is 0 Å². The molecule has 66 valence electrons. The molecule has 2 rings (SSSR count). The van der Waals surface area contributed by atoms with Crippen LogP contribution in [0.25, 0.3) is 5.69 Å². The summed E-state index contributed by atoms with van der Waals surface area (Å²) in [5, 5.41) is 7.74. The van der Waals surface area contributed by atoms with Crippen molar-refractivity contribution in [3.05, 3.63) is 41.7 Å². The highest BCUT2D eigenvalue weighted by molar-refractivity contribution is 5.43. The fraction of sp³-hybridized carbons (Fsp3) is 0.200. The summed E-state index contributed by atoms with van der Waals surface area (Å²) in [6.07, 6.45) is 3.53. The summed E-state index contributed by atoms with van der Waals surface area (Å²) in [6.45, 7) is 4.18. The minimum atomic E-state index is 1.09. The maximum atomic E-state index is 3.96. The molecule has 0 bridgehead atoms. The Hall–Kier alpha value is -1.64. The molecule has 0 radical (unpaired) electrons. The van der Waals surface area contributed by atoms with E-state index in [-0.39, 0.29) is 0 Å². The quantitative estimate of drug-likeness (QED) is 0.659. The van der Waals surface area contributed by atoms with Crippen LogP contribution in [0.1, 0.15) is 11.1 Å². The summed E-state index contributed by atoms with van der Waals surface area (Å²) < 4.78 is 1.78. The Morgan fingerprint density at radius 3 is 2.77 bits per heavy atom. The monoisotopic (exact) mass is 173 g/mol. The van der Waals surface area contributed by atoms with Gasteiger partial charge in [0.15, 0.2) is 0 Å². The van der Waals surface area contributed by atoms with E-state index >= 15 is 0 Å². The second kappa shape index (κ2) is 3.01. The molecule has 1 aromatic carbocycles. The van der Waals surface area contributed by atoms with Gasteiger partial charge in [0.05, 0.1) is 18.1 Å². The second-order valence-corrected chi connectivity index (χ2v) is 3.07. The Morgan fingerprint density at radius 2 is 2.08 bits per heavy atom. The van der Waals surface area contributed by atoms with Crippen LogP contribution in [0.3, 0.4) is 0 Å². The molecular formula is C10H11N3. The fourth-order valence-electron chi connectivity index (χ4n) is 1.32. The van der Waals surface area contributed by atoms with E-state index in [0.29, 0.717) is 0 Å². The zero-order chi connectivity index (χ0) is 9.26. The van der Waals surface area contributed by atoms with Gasteiger partial charge in [-0.1, -0.05) is 17.3 Å². The molecule has 0 atom stereocenters. The minimum Gasteiger partial charge on any atom is -0.221 e. The Bertz CT molecular complexity index is 404. The van der Waals surface area contributed by atoms with Crippen LogP contribution in [0.5, 0.6) is 0 Å². The summed E-state index contributed by atoms with van der Waals surface area (Å²) in [6, 6.07) is 6.16. The van der Waals surface area contributed by atoms with Crippen LogP contribution < -0.4 is 0 Å². The molecule has 0 saturated heterocycles. The molecule has 0 spiro atoms. The predicted molar refractivity (Wildman–Crippen MR) is 50.8 cm³/mol. The Labute approximate surface area is 77.0 Å². The SMILES string of the molecule is Cc1cccc(-n2ccnn2)c1C. The second-order valence-electron chi connectivity index (χ2n) is 3.07. The number of nitrogens with zero attached hydrogens (tertiary/aromatic N) is 3. The van der Waals surface area contributed by atoms with Crippen LogP contribution in [0, 0.1) is 13.8 Å². The zero-order valence-electron chi connectivity index (χ0n) is 7.73. The molecule has 0 unspecified atom stereocenters. The molecule has 0 aliphatic heterocycles. The first kappa shape index (κ1) is 7.98. The lowest BCUT2D eigenvalue weighted by atomic mass is 10.1. The van der Waals surface area contributed by atoms with E-state index in [1.54, 1.807) is 10.9 Å². The van der Waals surface area contributed by atoms with Gasteiger partial charge in [-0.2, -0.15) is 0 Å². The summed E-state index contributed by atoms with van der Waals surface area (Å²) in [7, 11) is 0. The van der Waals surface area contributed by atoms with Gasteiger partial charge in [-0.25, -0.2) is 4.68 Å². The van der Waals surface area contributed by atoms with E-state index in [0.717, 1.165) is 5.69 Å². The number of aryl methyl sites for hydroxylation is 1. The van der Waals surface area contributed by atoms with Gasteiger partial charge in [-0.05, 0) is 31.0 Å². The van der Waals surface area contributed by atoms with Gasteiger partial charge in [0.25, 0.3) is 0 Å². The van der Waals surface area contributed by atoms with Gasteiger partial charge in [0.1, 0.15) is 0 Å². The van der Waals surface area contributed by atoms with Crippen molar-refractivity contribution in [3.63, 3.8) is 0 Å². The Kier molecular flexibility index (Phi) is 1.85. The standard InChI is InChI=1S/C10H11N3/c1-8-4-3-5-10(9(8)2)13-7-6-11-12-13/h3-7H,1-2H3. The molecule has 0 amide bonds. The van der Waals surface area contributed by atoms with Crippen LogP contribution in [-0.4, -0.2) is 15.0 Å². The third-order valence-electron chi connectivity index (χ3n) is 2.25. The molecule has 0 aliphatic carbocycles. The van der Waals surface area contributed by atoms with Gasteiger partial charge in [-0.3, -0.25) is 0 Å². The molecule has 13 heavy (non-hydrogen) atoms. The first-order valence-electron chi connectivity index (χ1n) is 4.22. The third-order valence-corrected chi connectivity index (χ3v) is 2.25. The molecule has 0 saturated carbocycles. The van der Waals surface area contributed by atoms with E-state index in [1.807, 2.05) is 18.3 Å². The number of rotatable bonds is 1. The number of benzene rings is 1. The average Bonchev–Trinajstić information content (AvgIpc) is 2.62. The van der Waals surface area contributed by atoms with Gasteiger partial charge in [-0.15, -0.1) is 5.10 Å². The van der Waals surface area contributed by atoms with E-state index in [1.165, 1.54) is 11.1 Å². The van der Waals surface area contributed by atoms with Crippen molar-refractivity contribution in [1.29, 1.82) is 0 Å². The summed E-state index contributed by atoms with van der Waals surface area (Å²) >= 11 is 0. The molecule has 0 fully saturated rings. The van der Waals surface area contributed by atoms with Gasteiger partial charge in [0, 0.05) is 0 Å². The first-order chi connectivity index (χ1) is 6.29. The highest BCUT2D eigenvalue weighted by atomic mass is 15.4. The third kappa shape index (κ3) is 1.33. The molecular weight excluding hydrogens is 162 g/mol. The highest BCUT2D eigenvalue weighted by Gasteiger charge is 2.02. The van der Waals surface area contributed by atoms with Crippen molar-refractivity contribution in [2.24, 2.45) is 0 Å². The lowest BCUT2D eigenvalue weighted by Crippen LogP contribution is -1.98. The van der Waals surface area contributed by atoms with Crippen molar-refractivity contribution in [1.82, 2.24) is 15.0 Å². The maximum Gasteiger partial charge on any atom is 0.0697 e. The summed E-state index contributed by atoms with van der Waals surface area (Å²) in [5.74, 6) is 0. The lowest BCUT2D eigenvalue weighted by Gasteiger charge is -2.06. The van der Waals surface area contributed by atoms with Crippen molar-refractivity contribution in [2.75, 3.05) is 0 Å². The molecule has 0 N–H and O–H groups in total. The van der Waals surface area contributed by atoms with Crippen molar-refractivity contribution in [2.45, 2.75) is 13.8 Å². The number of hydrogen-bond acceptors (Lipinski definition) is 2. The lowest BCUT2D eigenvalue weighted by molar-refractivity contribution is 0.797. The van der Waals surface area contributed by atoms with E-state index < -0.39 is 0 Å². The molecule has 1 heterocycles.